The number of anilines is 1. The molecule has 0 aliphatic carbocycles. The van der Waals surface area contributed by atoms with Crippen molar-refractivity contribution in [3.05, 3.63) is 41.6 Å². The summed E-state index contributed by atoms with van der Waals surface area (Å²) in [7, 11) is 1.83. The fourth-order valence-corrected chi connectivity index (χ4v) is 4.50. The van der Waals surface area contributed by atoms with Crippen molar-refractivity contribution in [3.63, 3.8) is 0 Å². The van der Waals surface area contributed by atoms with Gasteiger partial charge in [0.05, 0.1) is 24.6 Å². The van der Waals surface area contributed by atoms with Gasteiger partial charge in [-0.05, 0) is 31.4 Å². The number of aromatic nitrogens is 2. The van der Waals surface area contributed by atoms with Crippen molar-refractivity contribution in [2.75, 3.05) is 58.7 Å². The highest BCUT2D eigenvalue weighted by atomic mass is 127. The van der Waals surface area contributed by atoms with Crippen LogP contribution < -0.4 is 11.1 Å². The second-order valence-electron chi connectivity index (χ2n) is 8.18. The van der Waals surface area contributed by atoms with Gasteiger partial charge in [0.2, 0.25) is 0 Å². The number of ether oxygens (including phenoxy) is 1. The molecule has 0 spiro atoms. The molecular formula is C23H33IN8O. The molecular weight excluding hydrogens is 531 g/mol. The number of hydrogen-bond acceptors (Lipinski definition) is 6. The molecule has 2 aliphatic rings. The Hall–Kier alpha value is -2.36. The first-order chi connectivity index (χ1) is 15.7. The van der Waals surface area contributed by atoms with Crippen molar-refractivity contribution in [2.24, 2.45) is 4.99 Å². The topological polar surface area (TPSA) is 108 Å². The number of aliphatic imine (C=N–C) groups is 1. The summed E-state index contributed by atoms with van der Waals surface area (Å²) in [4.78, 5) is 9.35. The van der Waals surface area contributed by atoms with E-state index in [1.165, 1.54) is 0 Å². The number of likely N-dealkylation sites (tertiary alicyclic amines) is 1. The Labute approximate surface area is 212 Å². The van der Waals surface area contributed by atoms with Crippen LogP contribution in [0.3, 0.4) is 0 Å². The zero-order valence-corrected chi connectivity index (χ0v) is 21.4. The Balaban J connectivity index is 0.00000306. The maximum absolute atomic E-state index is 9.58. The highest BCUT2D eigenvalue weighted by Crippen LogP contribution is 2.21. The summed E-state index contributed by atoms with van der Waals surface area (Å²) in [5.74, 6) is 1.33. The van der Waals surface area contributed by atoms with Crippen LogP contribution in [0.1, 0.15) is 24.1 Å². The minimum Gasteiger partial charge on any atom is -0.382 e. The number of para-hydroxylation sites is 1. The summed E-state index contributed by atoms with van der Waals surface area (Å²) in [6.07, 6.45) is 2.66. The Morgan fingerprint density at radius 3 is 2.73 bits per heavy atom. The van der Waals surface area contributed by atoms with Gasteiger partial charge in [-0.3, -0.25) is 9.89 Å². The first-order valence-corrected chi connectivity index (χ1v) is 11.3. The molecule has 1 atom stereocenters. The van der Waals surface area contributed by atoms with E-state index in [9.17, 15) is 5.26 Å². The lowest BCUT2D eigenvalue weighted by atomic mass is 10.1. The summed E-state index contributed by atoms with van der Waals surface area (Å²) in [5, 5.41) is 17.7. The van der Waals surface area contributed by atoms with Gasteiger partial charge >= 0.3 is 0 Å². The van der Waals surface area contributed by atoms with E-state index in [-0.39, 0.29) is 24.0 Å². The lowest BCUT2D eigenvalue weighted by molar-refractivity contribution is 0.0195. The largest absolute Gasteiger partial charge is 0.382 e. The first kappa shape index (κ1) is 25.3. The fraction of sp³-hybridized carbons (Fsp3) is 0.522. The summed E-state index contributed by atoms with van der Waals surface area (Å²) in [6.45, 7) is 6.47. The van der Waals surface area contributed by atoms with Crippen LogP contribution in [-0.2, 0) is 11.2 Å². The maximum Gasteiger partial charge on any atom is 0.193 e. The molecule has 4 rings (SSSR count). The molecule has 1 aromatic heterocycles. The number of morpholine rings is 1. The van der Waals surface area contributed by atoms with Gasteiger partial charge in [0, 0.05) is 45.8 Å². The average Bonchev–Trinajstić information content (AvgIpc) is 3.45. The number of nitrogens with one attached hydrogen (secondary N) is 1. The van der Waals surface area contributed by atoms with E-state index >= 15 is 0 Å². The summed E-state index contributed by atoms with van der Waals surface area (Å²) >= 11 is 0. The maximum atomic E-state index is 9.58. The van der Waals surface area contributed by atoms with Crippen LogP contribution in [0.4, 0.5) is 5.82 Å². The zero-order chi connectivity index (χ0) is 22.3. The van der Waals surface area contributed by atoms with Crippen LogP contribution in [0.5, 0.6) is 0 Å². The van der Waals surface area contributed by atoms with Gasteiger partial charge in [-0.2, -0.15) is 10.4 Å². The smallest absolute Gasteiger partial charge is 0.193 e. The predicted molar refractivity (Wildman–Crippen MR) is 140 cm³/mol. The van der Waals surface area contributed by atoms with E-state index in [4.69, 9.17) is 10.5 Å². The van der Waals surface area contributed by atoms with Crippen LogP contribution in [0, 0.1) is 11.3 Å². The molecule has 9 nitrogen and oxygen atoms in total. The molecule has 3 heterocycles. The van der Waals surface area contributed by atoms with E-state index in [0.29, 0.717) is 23.8 Å². The van der Waals surface area contributed by atoms with Gasteiger partial charge in [0.15, 0.2) is 5.96 Å². The third kappa shape index (κ3) is 5.96. The molecule has 0 radical (unpaired) electrons. The minimum absolute atomic E-state index is 0. The lowest BCUT2D eigenvalue weighted by Crippen LogP contribution is -2.46. The number of nitrogens with two attached hydrogens (primary N) is 1. The summed E-state index contributed by atoms with van der Waals surface area (Å²) < 4.78 is 7.13. The Bertz CT molecular complexity index is 965. The van der Waals surface area contributed by atoms with Crippen molar-refractivity contribution in [1.82, 2.24) is 24.9 Å². The standard InChI is InChI=1S/C23H32N8O.HI/c1-26-23(30-11-9-19(17-30)29-12-14-32-15-13-29)27-10-5-8-21-20(16-24)22(25)31(28-21)18-6-3-2-4-7-18;/h2-4,6-7,19H,5,8-15,17,25H2,1H3,(H,26,27);1H. The molecule has 33 heavy (non-hydrogen) atoms. The SMILES string of the molecule is CN=C(NCCCc1nn(-c2ccccc2)c(N)c1C#N)N1CCC(N2CCOCC2)C1.I. The van der Waals surface area contributed by atoms with E-state index in [1.807, 2.05) is 37.4 Å². The van der Waals surface area contributed by atoms with Crippen molar-refractivity contribution in [2.45, 2.75) is 25.3 Å². The van der Waals surface area contributed by atoms with Gasteiger partial charge < -0.3 is 20.7 Å². The molecule has 0 amide bonds. The number of nitriles is 1. The monoisotopic (exact) mass is 564 g/mol. The highest BCUT2D eigenvalue weighted by Gasteiger charge is 2.30. The molecule has 2 fully saturated rings. The molecule has 1 aromatic carbocycles. The Morgan fingerprint density at radius 1 is 1.27 bits per heavy atom. The minimum atomic E-state index is 0. The third-order valence-electron chi connectivity index (χ3n) is 6.22. The number of benzene rings is 1. The molecule has 2 aromatic rings. The van der Waals surface area contributed by atoms with E-state index in [1.54, 1.807) is 4.68 Å². The van der Waals surface area contributed by atoms with E-state index in [0.717, 1.165) is 76.1 Å². The van der Waals surface area contributed by atoms with Gasteiger partial charge in [-0.15, -0.1) is 24.0 Å². The number of rotatable bonds is 6. The van der Waals surface area contributed by atoms with Crippen molar-refractivity contribution in [3.8, 4) is 11.8 Å². The number of hydrogen-bond donors (Lipinski definition) is 2. The lowest BCUT2D eigenvalue weighted by Gasteiger charge is -2.32. The van der Waals surface area contributed by atoms with Crippen molar-refractivity contribution in [1.29, 1.82) is 5.26 Å². The summed E-state index contributed by atoms with van der Waals surface area (Å²) in [5.41, 5.74) is 8.26. The average molecular weight is 564 g/mol. The molecule has 0 bridgehead atoms. The number of aryl methyl sites for hydroxylation is 1. The summed E-state index contributed by atoms with van der Waals surface area (Å²) in [6, 6.07) is 12.5. The van der Waals surface area contributed by atoms with Gasteiger partial charge in [-0.1, -0.05) is 18.2 Å². The second kappa shape index (κ2) is 12.2. The molecule has 178 valence electrons. The van der Waals surface area contributed by atoms with Crippen LogP contribution in [-0.4, -0.2) is 84.6 Å². The predicted octanol–water partition coefficient (Wildman–Crippen LogP) is 1.86. The van der Waals surface area contributed by atoms with Crippen molar-refractivity contribution < 1.29 is 4.74 Å². The van der Waals surface area contributed by atoms with Gasteiger partial charge in [0.25, 0.3) is 0 Å². The van der Waals surface area contributed by atoms with Crippen LogP contribution in [0.25, 0.3) is 5.69 Å². The molecule has 3 N–H and O–H groups in total. The molecule has 2 aliphatic heterocycles. The fourth-order valence-electron chi connectivity index (χ4n) is 4.50. The van der Waals surface area contributed by atoms with Gasteiger partial charge in [-0.25, -0.2) is 4.68 Å². The molecule has 0 saturated carbocycles. The second-order valence-corrected chi connectivity index (χ2v) is 8.18. The van der Waals surface area contributed by atoms with E-state index < -0.39 is 0 Å². The molecule has 2 saturated heterocycles. The normalized spacial score (nSPS) is 19.2. The quantitative estimate of drug-likeness (QED) is 0.239. The Morgan fingerprint density at radius 2 is 2.03 bits per heavy atom. The van der Waals surface area contributed by atoms with E-state index in [2.05, 4.69) is 31.3 Å². The van der Waals surface area contributed by atoms with Crippen LogP contribution in [0.2, 0.25) is 0 Å². The Kier molecular flexibility index (Phi) is 9.34. The number of nitrogen functional groups attached to an aromatic ring is 1. The number of nitrogens with zero attached hydrogens (tertiary/aromatic N) is 6. The van der Waals surface area contributed by atoms with Crippen LogP contribution in [0.15, 0.2) is 35.3 Å². The van der Waals surface area contributed by atoms with Crippen LogP contribution >= 0.6 is 24.0 Å². The molecule has 10 heteroatoms. The highest BCUT2D eigenvalue weighted by molar-refractivity contribution is 14.0. The molecule has 1 unspecified atom stereocenters. The number of guanidine groups is 1. The third-order valence-corrected chi connectivity index (χ3v) is 6.22. The van der Waals surface area contributed by atoms with Crippen molar-refractivity contribution >= 4 is 35.8 Å². The van der Waals surface area contributed by atoms with Gasteiger partial charge in [0.1, 0.15) is 17.5 Å². The first-order valence-electron chi connectivity index (χ1n) is 11.3. The zero-order valence-electron chi connectivity index (χ0n) is 19.1. The number of halogens is 1.